The molecule has 3 aromatic carbocycles. The zero-order valence-corrected chi connectivity index (χ0v) is 18.3. The van der Waals surface area contributed by atoms with Crippen molar-refractivity contribution in [3.8, 4) is 5.75 Å². The molecule has 2 aliphatic heterocycles. The molecule has 0 saturated carbocycles. The molecule has 0 bridgehead atoms. The van der Waals surface area contributed by atoms with Gasteiger partial charge >= 0.3 is 0 Å². The van der Waals surface area contributed by atoms with Crippen LogP contribution in [0.1, 0.15) is 11.1 Å². The van der Waals surface area contributed by atoms with Crippen LogP contribution in [0.25, 0.3) is 0 Å². The summed E-state index contributed by atoms with van der Waals surface area (Å²) in [6, 6.07) is 22.7. The lowest BCUT2D eigenvalue weighted by atomic mass is 10.1. The van der Waals surface area contributed by atoms with Crippen LogP contribution in [0.15, 0.2) is 66.7 Å². The molecule has 0 amide bonds. The normalized spacial score (nSPS) is 15.9. The summed E-state index contributed by atoms with van der Waals surface area (Å²) in [6.45, 7) is 4.90. The lowest BCUT2D eigenvalue weighted by Gasteiger charge is -2.28. The van der Waals surface area contributed by atoms with Gasteiger partial charge in [0.15, 0.2) is 0 Å². The number of hydrogen-bond acceptors (Lipinski definition) is 3. The number of anilines is 3. The minimum Gasteiger partial charge on any atom is -0.497 e. The van der Waals surface area contributed by atoms with Gasteiger partial charge in [0.2, 0.25) is 0 Å². The number of benzene rings is 3. The van der Waals surface area contributed by atoms with Crippen LogP contribution in [-0.2, 0) is 6.54 Å². The Bertz CT molecular complexity index is 1120. The van der Waals surface area contributed by atoms with Crippen LogP contribution in [0.3, 0.4) is 0 Å². The number of hydrogen-bond donors (Lipinski definition) is 2. The van der Waals surface area contributed by atoms with Gasteiger partial charge in [0.1, 0.15) is 11.4 Å². The van der Waals surface area contributed by atoms with Gasteiger partial charge in [-0.15, -0.1) is 0 Å². The largest absolute Gasteiger partial charge is 0.497 e. The molecule has 3 aromatic rings. The average Bonchev–Trinajstić information content (AvgIpc) is 2.97. The number of para-hydroxylation sites is 1. The molecule has 2 aliphatic rings. The lowest BCUT2D eigenvalue weighted by Crippen LogP contribution is -2.45. The van der Waals surface area contributed by atoms with Gasteiger partial charge in [0, 0.05) is 30.7 Å². The summed E-state index contributed by atoms with van der Waals surface area (Å²) < 4.78 is 7.71. The molecule has 0 atom stereocenters. The first kappa shape index (κ1) is 19.9. The number of halogens is 1. The number of amidine groups is 1. The summed E-state index contributed by atoms with van der Waals surface area (Å²) >= 11 is 6.28. The van der Waals surface area contributed by atoms with Crippen molar-refractivity contribution in [3.63, 3.8) is 0 Å². The van der Waals surface area contributed by atoms with E-state index in [-0.39, 0.29) is 0 Å². The van der Waals surface area contributed by atoms with Gasteiger partial charge in [-0.05, 0) is 42.0 Å². The van der Waals surface area contributed by atoms with E-state index in [9.17, 15) is 0 Å². The molecular formula is C25H26ClN4O+. The molecule has 0 spiro atoms. The zero-order valence-electron chi connectivity index (χ0n) is 17.6. The Kier molecular flexibility index (Phi) is 5.53. The molecule has 158 valence electrons. The number of nitrogens with one attached hydrogen (secondary N) is 2. The van der Waals surface area contributed by atoms with E-state index < -0.39 is 0 Å². The Morgan fingerprint density at radius 2 is 1.68 bits per heavy atom. The minimum atomic E-state index is 0.725. The molecule has 0 aromatic heterocycles. The number of piperazine rings is 1. The van der Waals surface area contributed by atoms with Gasteiger partial charge in [-0.2, -0.15) is 0 Å². The SMILES string of the molecule is COc1ccc(CN2CC[N+](=C3Nc4cc(Cl)ccc4Nc4ccccc43)CC2)cc1. The maximum atomic E-state index is 6.28. The van der Waals surface area contributed by atoms with Crippen LogP contribution in [0.5, 0.6) is 5.75 Å². The van der Waals surface area contributed by atoms with Gasteiger partial charge in [0.25, 0.3) is 5.84 Å². The van der Waals surface area contributed by atoms with Crippen molar-refractivity contribution in [1.82, 2.24) is 4.90 Å². The van der Waals surface area contributed by atoms with Crippen LogP contribution in [0, 0.1) is 0 Å². The quantitative estimate of drug-likeness (QED) is 0.582. The highest BCUT2D eigenvalue weighted by Gasteiger charge is 2.28. The maximum absolute atomic E-state index is 6.28. The Hall–Kier alpha value is -3.02. The number of ether oxygens (including phenoxy) is 1. The molecule has 1 fully saturated rings. The number of nitrogens with zero attached hydrogens (tertiary/aromatic N) is 2. The van der Waals surface area contributed by atoms with Crippen LogP contribution >= 0.6 is 11.6 Å². The summed E-state index contributed by atoms with van der Waals surface area (Å²) in [4.78, 5) is 2.50. The van der Waals surface area contributed by atoms with Crippen molar-refractivity contribution in [1.29, 1.82) is 0 Å². The molecule has 2 N–H and O–H groups in total. The minimum absolute atomic E-state index is 0.725. The van der Waals surface area contributed by atoms with Crippen molar-refractivity contribution in [2.45, 2.75) is 6.54 Å². The molecule has 0 unspecified atom stereocenters. The fraction of sp³-hybridized carbons (Fsp3) is 0.240. The summed E-state index contributed by atoms with van der Waals surface area (Å²) in [5.74, 6) is 2.03. The summed E-state index contributed by atoms with van der Waals surface area (Å²) in [6.07, 6.45) is 0. The molecule has 1 saturated heterocycles. The van der Waals surface area contributed by atoms with Crippen molar-refractivity contribution in [2.75, 3.05) is 43.9 Å². The van der Waals surface area contributed by atoms with Crippen molar-refractivity contribution >= 4 is 34.5 Å². The van der Waals surface area contributed by atoms with Crippen LogP contribution < -0.4 is 15.4 Å². The highest BCUT2D eigenvalue weighted by Crippen LogP contribution is 2.34. The fourth-order valence-electron chi connectivity index (χ4n) is 4.24. The second-order valence-electron chi connectivity index (χ2n) is 7.95. The van der Waals surface area contributed by atoms with E-state index >= 15 is 0 Å². The average molecular weight is 434 g/mol. The fourth-order valence-corrected chi connectivity index (χ4v) is 4.41. The first-order valence-corrected chi connectivity index (χ1v) is 11.0. The van der Waals surface area contributed by atoms with Gasteiger partial charge in [0.05, 0.1) is 37.1 Å². The Balaban J connectivity index is 1.39. The number of methoxy groups -OCH3 is 1. The van der Waals surface area contributed by atoms with E-state index in [1.807, 2.05) is 30.3 Å². The molecular weight excluding hydrogens is 408 g/mol. The molecule has 5 nitrogen and oxygen atoms in total. The monoisotopic (exact) mass is 433 g/mol. The Labute approximate surface area is 187 Å². The highest BCUT2D eigenvalue weighted by atomic mass is 35.5. The van der Waals surface area contributed by atoms with E-state index in [1.54, 1.807) is 7.11 Å². The zero-order chi connectivity index (χ0) is 21.2. The first-order chi connectivity index (χ1) is 15.2. The van der Waals surface area contributed by atoms with Crippen molar-refractivity contribution < 1.29 is 9.31 Å². The topological polar surface area (TPSA) is 39.5 Å². The number of fused-ring (bicyclic) bond motifs is 2. The van der Waals surface area contributed by atoms with Crippen LogP contribution in [-0.4, -0.2) is 48.6 Å². The maximum Gasteiger partial charge on any atom is 0.284 e. The molecule has 0 radical (unpaired) electrons. The van der Waals surface area contributed by atoms with Crippen molar-refractivity contribution in [2.24, 2.45) is 0 Å². The van der Waals surface area contributed by atoms with E-state index in [0.29, 0.717) is 0 Å². The Morgan fingerprint density at radius 3 is 2.45 bits per heavy atom. The van der Waals surface area contributed by atoms with Gasteiger partial charge < -0.3 is 10.1 Å². The van der Waals surface area contributed by atoms with E-state index in [2.05, 4.69) is 56.5 Å². The molecule has 6 heteroatoms. The second kappa shape index (κ2) is 8.61. The molecule has 31 heavy (non-hydrogen) atoms. The third-order valence-electron chi connectivity index (χ3n) is 5.94. The van der Waals surface area contributed by atoms with Gasteiger partial charge in [-0.25, -0.2) is 5.32 Å². The summed E-state index contributed by atoms with van der Waals surface area (Å²) in [5, 5.41) is 7.95. The summed E-state index contributed by atoms with van der Waals surface area (Å²) in [7, 11) is 1.70. The first-order valence-electron chi connectivity index (χ1n) is 10.6. The number of rotatable bonds is 3. The molecule has 2 heterocycles. The predicted octanol–water partition coefficient (Wildman–Crippen LogP) is 4.79. The van der Waals surface area contributed by atoms with Crippen LogP contribution in [0.2, 0.25) is 5.02 Å². The van der Waals surface area contributed by atoms with Gasteiger partial charge in [-0.1, -0.05) is 35.9 Å². The smallest absolute Gasteiger partial charge is 0.284 e. The van der Waals surface area contributed by atoms with Crippen molar-refractivity contribution in [3.05, 3.63) is 82.9 Å². The van der Waals surface area contributed by atoms with E-state index in [1.165, 1.54) is 11.1 Å². The highest BCUT2D eigenvalue weighted by molar-refractivity contribution is 6.31. The summed E-state index contributed by atoms with van der Waals surface area (Å²) in [5.41, 5.74) is 5.63. The standard InChI is InChI=1S/C25H25ClN4O/c1-31-20-9-6-18(7-10-20)17-29-12-14-30(15-13-29)25-21-4-2-3-5-22(21)27-23-11-8-19(26)16-24(23)28-25/h2-11,16H,12-15,17H2,1H3,(H,27,28)/p+1. The third kappa shape index (κ3) is 4.24. The third-order valence-corrected chi connectivity index (χ3v) is 6.18. The lowest BCUT2D eigenvalue weighted by molar-refractivity contribution is -0.539. The van der Waals surface area contributed by atoms with Crippen LogP contribution in [0.4, 0.5) is 17.1 Å². The second-order valence-corrected chi connectivity index (χ2v) is 8.38. The van der Waals surface area contributed by atoms with E-state index in [0.717, 1.165) is 66.4 Å². The Morgan fingerprint density at radius 1 is 0.903 bits per heavy atom. The predicted molar refractivity (Wildman–Crippen MR) is 127 cm³/mol. The van der Waals surface area contributed by atoms with Gasteiger partial charge in [-0.3, -0.25) is 9.48 Å². The molecule has 0 aliphatic carbocycles. The van der Waals surface area contributed by atoms with E-state index in [4.69, 9.17) is 16.3 Å². The molecule has 5 rings (SSSR count).